The molecule has 108 valence electrons. The molecule has 0 bridgehead atoms. The summed E-state index contributed by atoms with van der Waals surface area (Å²) in [6, 6.07) is 2.81. The van der Waals surface area contributed by atoms with E-state index in [1.165, 1.54) is 18.3 Å². The van der Waals surface area contributed by atoms with E-state index in [0.717, 1.165) is 0 Å². The highest BCUT2D eigenvalue weighted by molar-refractivity contribution is 5.84. The number of ketones is 1. The predicted molar refractivity (Wildman–Crippen MR) is 67.3 cm³/mol. The molecule has 0 spiro atoms. The molecule has 8 heteroatoms. The number of Topliss-reactive ketones (excluding diaryl/α,β-unsaturated/α-hetero) is 1. The van der Waals surface area contributed by atoms with Crippen LogP contribution in [0.5, 0.6) is 5.75 Å². The smallest absolute Gasteiger partial charge is 0.406 e. The number of esters is 1. The lowest BCUT2D eigenvalue weighted by molar-refractivity contribution is -0.390. The van der Waals surface area contributed by atoms with Crippen molar-refractivity contribution in [2.75, 3.05) is 13.2 Å². The van der Waals surface area contributed by atoms with Crippen molar-refractivity contribution in [1.82, 2.24) is 4.98 Å². The average molecular weight is 282 g/mol. The van der Waals surface area contributed by atoms with Gasteiger partial charge in [0.05, 0.1) is 13.0 Å². The van der Waals surface area contributed by atoms with Crippen molar-refractivity contribution in [3.8, 4) is 5.75 Å². The van der Waals surface area contributed by atoms with Gasteiger partial charge in [-0.25, -0.2) is 0 Å². The summed E-state index contributed by atoms with van der Waals surface area (Å²) in [5.74, 6) is -1.35. The van der Waals surface area contributed by atoms with E-state index in [0.29, 0.717) is 0 Å². The van der Waals surface area contributed by atoms with E-state index in [1.54, 1.807) is 6.92 Å². The molecule has 8 nitrogen and oxygen atoms in total. The number of aromatic nitrogens is 1. The molecule has 1 rings (SSSR count). The molecule has 1 heterocycles. The zero-order valence-corrected chi connectivity index (χ0v) is 10.9. The zero-order valence-electron chi connectivity index (χ0n) is 10.9. The summed E-state index contributed by atoms with van der Waals surface area (Å²) in [5, 5.41) is 10.7. The second-order valence-electron chi connectivity index (χ2n) is 3.71. The molecule has 0 saturated carbocycles. The van der Waals surface area contributed by atoms with Crippen LogP contribution in [0.2, 0.25) is 0 Å². The molecule has 0 aliphatic carbocycles. The molecule has 1 aromatic heterocycles. The first kappa shape index (κ1) is 15.5. The first-order valence-electron chi connectivity index (χ1n) is 5.94. The monoisotopic (exact) mass is 282 g/mol. The van der Waals surface area contributed by atoms with Crippen LogP contribution in [0.25, 0.3) is 0 Å². The molecule has 20 heavy (non-hydrogen) atoms. The van der Waals surface area contributed by atoms with Gasteiger partial charge in [-0.2, -0.15) is 0 Å². The number of carbonyl (C=O) groups excluding carboxylic acids is 2. The highest BCUT2D eigenvalue weighted by Gasteiger charge is 2.17. The molecule has 0 radical (unpaired) electrons. The number of nitro groups is 1. The van der Waals surface area contributed by atoms with Crippen molar-refractivity contribution in [1.29, 1.82) is 0 Å². The fourth-order valence-electron chi connectivity index (χ4n) is 1.34. The van der Waals surface area contributed by atoms with E-state index in [1.807, 2.05) is 0 Å². The molecular formula is C12H14N2O6. The Hall–Kier alpha value is -2.51. The largest absolute Gasteiger partial charge is 0.478 e. The zero-order chi connectivity index (χ0) is 15.0. The van der Waals surface area contributed by atoms with Crippen LogP contribution in [0.3, 0.4) is 0 Å². The molecule has 0 aromatic carbocycles. The minimum atomic E-state index is -0.696. The standard InChI is InChI=1S/C12H14N2O6/c1-2-19-11(16)6-5-9(15)8-20-10-4-3-7-13-12(10)14(17)18/h3-4,7H,2,5-6,8H2,1H3. The summed E-state index contributed by atoms with van der Waals surface area (Å²) in [7, 11) is 0. The number of hydrogen-bond donors (Lipinski definition) is 0. The van der Waals surface area contributed by atoms with Gasteiger partial charge in [-0.3, -0.25) is 9.59 Å². The Morgan fingerprint density at radius 1 is 1.40 bits per heavy atom. The lowest BCUT2D eigenvalue weighted by Gasteiger charge is -2.05. The van der Waals surface area contributed by atoms with Gasteiger partial charge in [-0.05, 0) is 29.0 Å². The van der Waals surface area contributed by atoms with Crippen molar-refractivity contribution in [2.24, 2.45) is 0 Å². The normalized spacial score (nSPS) is 9.85. The molecule has 0 amide bonds. The quantitative estimate of drug-likeness (QED) is 0.401. The predicted octanol–water partition coefficient (Wildman–Crippen LogP) is 1.28. The molecule has 0 aliphatic rings. The Labute approximate surface area is 114 Å². The highest BCUT2D eigenvalue weighted by atomic mass is 16.6. The van der Waals surface area contributed by atoms with Gasteiger partial charge in [0, 0.05) is 6.42 Å². The van der Waals surface area contributed by atoms with Crippen LogP contribution in [0.15, 0.2) is 18.3 Å². The number of ether oxygens (including phenoxy) is 2. The maximum Gasteiger partial charge on any atom is 0.406 e. The number of rotatable bonds is 8. The van der Waals surface area contributed by atoms with E-state index < -0.39 is 16.7 Å². The molecule has 0 fully saturated rings. The summed E-state index contributed by atoms with van der Waals surface area (Å²) in [6.45, 7) is 1.57. The molecule has 0 atom stereocenters. The molecule has 0 aliphatic heterocycles. The third-order valence-electron chi connectivity index (χ3n) is 2.23. The summed E-state index contributed by atoms with van der Waals surface area (Å²) >= 11 is 0. The minimum absolute atomic E-state index is 0.0348. The number of nitrogens with zero attached hydrogens (tertiary/aromatic N) is 2. The second kappa shape index (κ2) is 7.82. The van der Waals surface area contributed by atoms with Crippen molar-refractivity contribution in [2.45, 2.75) is 19.8 Å². The van der Waals surface area contributed by atoms with E-state index in [9.17, 15) is 19.7 Å². The highest BCUT2D eigenvalue weighted by Crippen LogP contribution is 2.22. The van der Waals surface area contributed by atoms with E-state index in [2.05, 4.69) is 9.72 Å². The number of pyridine rings is 1. The van der Waals surface area contributed by atoms with Crippen LogP contribution >= 0.6 is 0 Å². The van der Waals surface area contributed by atoms with Crippen LogP contribution in [0, 0.1) is 10.1 Å². The fourth-order valence-corrected chi connectivity index (χ4v) is 1.34. The topological polar surface area (TPSA) is 109 Å². The van der Waals surface area contributed by atoms with E-state index in [4.69, 9.17) is 4.74 Å². The van der Waals surface area contributed by atoms with Gasteiger partial charge in [-0.1, -0.05) is 0 Å². The third kappa shape index (κ3) is 5.01. The molecule has 0 unspecified atom stereocenters. The van der Waals surface area contributed by atoms with Gasteiger partial charge in [0.25, 0.3) is 0 Å². The van der Waals surface area contributed by atoms with E-state index in [-0.39, 0.29) is 37.6 Å². The summed E-state index contributed by atoms with van der Waals surface area (Å²) in [4.78, 5) is 36.1. The van der Waals surface area contributed by atoms with Crippen LogP contribution < -0.4 is 4.74 Å². The first-order valence-corrected chi connectivity index (χ1v) is 5.94. The van der Waals surface area contributed by atoms with Gasteiger partial charge < -0.3 is 19.6 Å². The van der Waals surface area contributed by atoms with Gasteiger partial charge in [0.2, 0.25) is 5.75 Å². The Bertz CT molecular complexity index is 502. The van der Waals surface area contributed by atoms with Crippen LogP contribution in [-0.4, -0.2) is 34.9 Å². The van der Waals surface area contributed by atoms with Crippen molar-refractivity contribution in [3.05, 3.63) is 28.4 Å². The van der Waals surface area contributed by atoms with Gasteiger partial charge in [0.15, 0.2) is 5.78 Å². The summed E-state index contributed by atoms with van der Waals surface area (Å²) < 4.78 is 9.72. The lowest BCUT2D eigenvalue weighted by atomic mass is 10.2. The minimum Gasteiger partial charge on any atom is -0.478 e. The van der Waals surface area contributed by atoms with Crippen molar-refractivity contribution < 1.29 is 24.0 Å². The van der Waals surface area contributed by atoms with E-state index >= 15 is 0 Å². The number of hydrogen-bond acceptors (Lipinski definition) is 7. The van der Waals surface area contributed by atoms with Gasteiger partial charge in [0.1, 0.15) is 12.8 Å². The maximum absolute atomic E-state index is 11.5. The van der Waals surface area contributed by atoms with Crippen LogP contribution in [0.4, 0.5) is 5.82 Å². The Morgan fingerprint density at radius 3 is 2.80 bits per heavy atom. The van der Waals surface area contributed by atoms with Crippen LogP contribution in [-0.2, 0) is 14.3 Å². The fraction of sp³-hybridized carbons (Fsp3) is 0.417. The molecular weight excluding hydrogens is 268 g/mol. The first-order chi connectivity index (χ1) is 9.54. The lowest BCUT2D eigenvalue weighted by Crippen LogP contribution is -2.14. The van der Waals surface area contributed by atoms with Crippen molar-refractivity contribution in [3.63, 3.8) is 0 Å². The van der Waals surface area contributed by atoms with Crippen molar-refractivity contribution >= 4 is 17.6 Å². The SMILES string of the molecule is CCOC(=O)CCC(=O)COc1cccnc1[N+](=O)[O-]. The molecule has 0 N–H and O–H groups in total. The summed E-state index contributed by atoms with van der Waals surface area (Å²) in [6.07, 6.45) is 1.19. The third-order valence-corrected chi connectivity index (χ3v) is 2.23. The van der Waals surface area contributed by atoms with Gasteiger partial charge in [-0.15, -0.1) is 0 Å². The Balaban J connectivity index is 2.45. The Kier molecular flexibility index (Phi) is 6.08. The van der Waals surface area contributed by atoms with Gasteiger partial charge >= 0.3 is 11.8 Å². The second-order valence-corrected chi connectivity index (χ2v) is 3.71. The van der Waals surface area contributed by atoms with Crippen LogP contribution in [0.1, 0.15) is 19.8 Å². The molecule has 0 saturated heterocycles. The molecule has 1 aromatic rings. The summed E-state index contributed by atoms with van der Waals surface area (Å²) in [5.41, 5.74) is 0. The Morgan fingerprint density at radius 2 is 2.15 bits per heavy atom. The maximum atomic E-state index is 11.5. The number of carbonyl (C=O) groups is 2. The average Bonchev–Trinajstić information content (AvgIpc) is 2.43.